The summed E-state index contributed by atoms with van der Waals surface area (Å²) in [5.41, 5.74) is 3.64. The Kier molecular flexibility index (Phi) is 92.3. The Labute approximate surface area is 450 Å². The number of methoxy groups -OCH3 is 1. The number of aliphatic hydroxyl groups is 2. The second kappa shape index (κ2) is 57.7. The third-order valence-corrected chi connectivity index (χ3v) is 10.3. The van der Waals surface area contributed by atoms with Crippen LogP contribution >= 0.6 is 0 Å². The van der Waals surface area contributed by atoms with Crippen LogP contribution in [0.25, 0.3) is 0 Å². The van der Waals surface area contributed by atoms with Gasteiger partial charge in [-0.25, -0.2) is 0 Å². The van der Waals surface area contributed by atoms with Crippen LogP contribution in [0.4, 0.5) is 0 Å². The maximum absolute atomic E-state index is 11.5. The zero-order chi connectivity index (χ0) is 36.2. The van der Waals surface area contributed by atoms with E-state index in [1.165, 1.54) is 51.9 Å². The van der Waals surface area contributed by atoms with Crippen LogP contribution in [0.1, 0.15) is 118 Å². The van der Waals surface area contributed by atoms with Crippen LogP contribution in [0.15, 0.2) is 52.0 Å². The topological polar surface area (TPSA) is 101 Å². The first kappa shape index (κ1) is 88.0. The van der Waals surface area contributed by atoms with Crippen LogP contribution in [-0.4, -0.2) is 53.5 Å². The van der Waals surface area contributed by atoms with Gasteiger partial charge in [0, 0.05) is 105 Å². The molecule has 0 aromatic rings. The fourth-order valence-electron chi connectivity index (χ4n) is 3.38. The van der Waals surface area contributed by atoms with Crippen LogP contribution in [0.5, 0.6) is 0 Å². The van der Waals surface area contributed by atoms with Gasteiger partial charge >= 0.3 is 274 Å². The summed E-state index contributed by atoms with van der Waals surface area (Å²) >= 11 is 3.50. The van der Waals surface area contributed by atoms with Crippen molar-refractivity contribution in [2.45, 2.75) is 118 Å². The van der Waals surface area contributed by atoms with E-state index < -0.39 is 0 Å². The van der Waals surface area contributed by atoms with Gasteiger partial charge in [0.1, 0.15) is 0 Å². The van der Waals surface area contributed by atoms with E-state index in [9.17, 15) is 14.4 Å². The molecule has 12 heteroatoms. The van der Waals surface area contributed by atoms with Gasteiger partial charge in [-0.1, -0.05) is 72.3 Å². The van der Waals surface area contributed by atoms with Crippen molar-refractivity contribution in [1.29, 1.82) is 0 Å². The summed E-state index contributed by atoms with van der Waals surface area (Å²) < 4.78 is 7.33. The van der Waals surface area contributed by atoms with E-state index >= 15 is 0 Å². The van der Waals surface area contributed by atoms with Crippen molar-refractivity contribution >= 4 is 29.0 Å². The molecule has 0 aliphatic heterocycles. The number of hydrogen-bond acceptors (Lipinski definition) is 6. The summed E-state index contributed by atoms with van der Waals surface area (Å²) in [5, 5.41) is 15.9. The zero-order valence-electron chi connectivity index (χ0n) is 29.7. The maximum atomic E-state index is 11.5. The van der Waals surface area contributed by atoms with Crippen molar-refractivity contribution in [2.24, 2.45) is 0 Å². The Morgan fingerprint density at radius 1 is 0.600 bits per heavy atom. The second-order valence-corrected chi connectivity index (χ2v) is 13.1. The number of aliphatic hydroxyl groups excluding tert-OH is 2. The van der Waals surface area contributed by atoms with Crippen LogP contribution in [-0.2, 0) is 175 Å². The molecule has 3 aliphatic carbocycles. The van der Waals surface area contributed by atoms with E-state index in [2.05, 4.69) is 12.8 Å². The number of ether oxygens (including phenoxy) is 1. The molecule has 315 valence electrons. The average molecular weight is 1500 g/mol. The monoisotopic (exact) mass is 1500 g/mol. The largest absolute Gasteiger partial charge is 0 e. The first-order chi connectivity index (χ1) is 21.9. The Hall–Kier alpha value is 1.61. The van der Waals surface area contributed by atoms with Crippen molar-refractivity contribution in [1.82, 2.24) is 0 Å². The number of hydrogen-bond donors (Lipinski definition) is 2. The summed E-state index contributed by atoms with van der Waals surface area (Å²) in [7, 11) is 2.52. The third-order valence-electron chi connectivity index (χ3n) is 5.33. The van der Waals surface area contributed by atoms with Gasteiger partial charge in [0.2, 0.25) is 0 Å². The number of rotatable bonds is 4. The van der Waals surface area contributed by atoms with Gasteiger partial charge in [0.25, 0.3) is 0 Å². The number of carbonyl (C=O) groups excluding carboxylic acids is 3. The van der Waals surface area contributed by atoms with Gasteiger partial charge in [0.05, 0.1) is 0 Å². The Balaban J connectivity index is -0.0000000437. The molecular weight excluding hydrogens is 1430 g/mol. The van der Waals surface area contributed by atoms with Crippen molar-refractivity contribution in [3.8, 4) is 0 Å². The predicted octanol–water partition coefficient (Wildman–Crippen LogP) is 9.90. The van der Waals surface area contributed by atoms with Gasteiger partial charge in [-0.2, -0.15) is 0 Å². The minimum Gasteiger partial charge on any atom is 0 e. The molecule has 0 spiro atoms. The van der Waals surface area contributed by atoms with E-state index in [0.717, 1.165) is 86.1 Å². The Bertz CT molecular complexity index is 1130. The summed E-state index contributed by atoms with van der Waals surface area (Å²) in [6.45, 7) is 26.1. The van der Waals surface area contributed by atoms with Crippen molar-refractivity contribution < 1.29 is 186 Å². The minimum absolute atomic E-state index is 0. The minimum atomic E-state index is -0.239. The van der Waals surface area contributed by atoms with E-state index in [4.69, 9.17) is 34.7 Å². The normalized spacial score (nSPS) is 15.5. The summed E-state index contributed by atoms with van der Waals surface area (Å²) in [5.74, 6) is 0.440. The molecule has 2 N–H and O–H groups in total. The van der Waals surface area contributed by atoms with Gasteiger partial charge in [0.15, 0.2) is 0 Å². The van der Waals surface area contributed by atoms with Gasteiger partial charge in [-0.3, -0.25) is 0 Å². The van der Waals surface area contributed by atoms with E-state index in [1.54, 1.807) is 25.3 Å². The van der Waals surface area contributed by atoms with Crippen LogP contribution in [0, 0.1) is 58.3 Å². The zero-order valence-corrected chi connectivity index (χ0v) is 47.0. The molecule has 55 heavy (non-hydrogen) atoms. The van der Waals surface area contributed by atoms with Crippen molar-refractivity contribution in [2.75, 3.05) is 14.2 Å². The molecule has 3 fully saturated rings. The number of allylic oxidation sites excluding steroid dienone is 7. The molecule has 0 bridgehead atoms. The van der Waals surface area contributed by atoms with E-state index in [0.29, 0.717) is 18.6 Å². The Morgan fingerprint density at radius 2 is 0.855 bits per heavy atom. The van der Waals surface area contributed by atoms with Crippen LogP contribution in [0.2, 0.25) is 0 Å². The van der Waals surface area contributed by atoms with E-state index in [-0.39, 0.29) is 166 Å². The van der Waals surface area contributed by atoms with Gasteiger partial charge in [-0.15, -0.1) is 0 Å². The smallest absolute Gasteiger partial charge is 0 e. The van der Waals surface area contributed by atoms with Crippen LogP contribution < -0.4 is 0 Å². The quantitative estimate of drug-likeness (QED) is 0.165. The molecule has 0 aromatic carbocycles. The Morgan fingerprint density at radius 3 is 1.09 bits per heavy atom. The average Bonchev–Trinajstić information content (AvgIpc) is 3.39. The molecule has 0 heterocycles. The predicted molar refractivity (Wildman–Crippen MR) is 218 cm³/mol. The molecule has 3 radical (unpaired) electrons. The fraction of sp³-hybridized carbons (Fsp3) is 0.442. The van der Waals surface area contributed by atoms with Gasteiger partial charge < -0.3 is 5.11 Å². The molecule has 3 saturated carbocycles. The summed E-state index contributed by atoms with van der Waals surface area (Å²) in [6, 6.07) is 0. The third kappa shape index (κ3) is 43.5. The van der Waals surface area contributed by atoms with Gasteiger partial charge in [-0.05, 0) is 0 Å². The molecule has 0 aromatic heterocycles. The molecular formula is C43H71O6W3Y3-9. The van der Waals surface area contributed by atoms with Crippen molar-refractivity contribution in [3.63, 3.8) is 0 Å². The van der Waals surface area contributed by atoms with Crippen molar-refractivity contribution in [3.05, 3.63) is 110 Å². The van der Waals surface area contributed by atoms with E-state index in [1.807, 2.05) is 47.1 Å². The number of Topliss-reactive ketones (excluding diaryl/α,β-unsaturated/α-hetero) is 3. The molecule has 0 saturated heterocycles. The molecule has 6 nitrogen and oxygen atoms in total. The first-order valence-corrected chi connectivity index (χ1v) is 19.1. The SMILES string of the molecule is C.C.C.C.C.C.CC.CC.CO.[CH-]=C(C)C=C1C[CH-]C[CH-]C(=O)[C]1=[W].[CH-]=C(C=C1C[CH-]C[CH-]C(=O)[C]1=[W])OC.[CH-]=C(O)C=C1C[CH-]C[CH-]C(=O)[C]1=[W].[Y].[Y].[Y]. The standard InChI is InChI=1S/C11H11O2.C11H11O.C10H9O2.2C2H6.CH4O.6CH4.3W.3Y/c1-9(13-2)7-10-5-3-4-6-11(12)8-10;1-9(2)7-10-5-3-4-6-11(12)8-10;1-8(11)6-9-4-2-3-5-10(12)7-9;3*1-2;;;;;;;;;;;;/h1,3,6-7H,4-5H2,2H3;1,3,6-7H,4-5H2,2H3;1-2,5-6,11H,3-4H2;2*1-2H3;2H,1H3;6*1H4;;;;;;/q3*-3;;;;;;;;;;;;;;;. The number of ketones is 3. The fourth-order valence-corrected chi connectivity index (χ4v) is 5.81. The maximum Gasteiger partial charge on any atom is 0 e. The summed E-state index contributed by atoms with van der Waals surface area (Å²) in [6.07, 6.45) is 20.9. The molecule has 0 unspecified atom stereocenters. The van der Waals surface area contributed by atoms with Crippen LogP contribution in [0.3, 0.4) is 0 Å². The molecule has 0 amide bonds. The molecule has 3 aliphatic rings. The second-order valence-electron chi connectivity index (χ2n) is 8.66. The molecule has 0 atom stereocenters. The first-order valence-electron chi connectivity index (χ1n) is 14.7. The number of carbonyl (C=O) groups is 3. The molecule has 3 rings (SSSR count). The summed E-state index contributed by atoms with van der Waals surface area (Å²) in [4.78, 5) is 34.2.